The Morgan fingerprint density at radius 1 is 1.39 bits per heavy atom. The summed E-state index contributed by atoms with van der Waals surface area (Å²) in [5, 5.41) is 10.8. The molecule has 2 rings (SSSR count). The molecular formula is C15H26N2O. The van der Waals surface area contributed by atoms with Crippen LogP contribution in [0.3, 0.4) is 0 Å². The van der Waals surface area contributed by atoms with E-state index < -0.39 is 5.60 Å². The van der Waals surface area contributed by atoms with Gasteiger partial charge < -0.3 is 9.67 Å². The molecule has 0 aliphatic heterocycles. The van der Waals surface area contributed by atoms with E-state index in [0.29, 0.717) is 12.3 Å². The van der Waals surface area contributed by atoms with Crippen LogP contribution in [0.5, 0.6) is 0 Å². The van der Waals surface area contributed by atoms with Gasteiger partial charge in [0.15, 0.2) is 0 Å². The van der Waals surface area contributed by atoms with E-state index in [1.165, 1.54) is 32.1 Å². The predicted molar refractivity (Wildman–Crippen MR) is 73.4 cm³/mol. The van der Waals surface area contributed by atoms with Crippen molar-refractivity contribution >= 4 is 0 Å². The Balaban J connectivity index is 2.03. The highest BCUT2D eigenvalue weighted by atomic mass is 16.3. The van der Waals surface area contributed by atoms with E-state index in [0.717, 1.165) is 18.8 Å². The number of aryl methyl sites for hydroxylation is 1. The van der Waals surface area contributed by atoms with E-state index >= 15 is 0 Å². The van der Waals surface area contributed by atoms with E-state index in [-0.39, 0.29) is 0 Å². The lowest BCUT2D eigenvalue weighted by Crippen LogP contribution is -2.39. The van der Waals surface area contributed by atoms with E-state index in [1.54, 1.807) is 0 Å². The zero-order valence-corrected chi connectivity index (χ0v) is 11.7. The highest BCUT2D eigenvalue weighted by Gasteiger charge is 2.34. The topological polar surface area (TPSA) is 38.0 Å². The number of hydrogen-bond acceptors (Lipinski definition) is 2. The van der Waals surface area contributed by atoms with E-state index in [9.17, 15) is 5.11 Å². The minimum Gasteiger partial charge on any atom is -0.389 e. The molecule has 0 aromatic carbocycles. The summed E-state index contributed by atoms with van der Waals surface area (Å²) in [6.45, 7) is 5.16. The van der Waals surface area contributed by atoms with Crippen LogP contribution >= 0.6 is 0 Å². The van der Waals surface area contributed by atoms with Gasteiger partial charge in [0.25, 0.3) is 0 Å². The maximum absolute atomic E-state index is 10.8. The van der Waals surface area contributed by atoms with Crippen LogP contribution < -0.4 is 0 Å². The van der Waals surface area contributed by atoms with Gasteiger partial charge in [-0.15, -0.1) is 0 Å². The van der Waals surface area contributed by atoms with Crippen molar-refractivity contribution in [3.05, 3.63) is 18.2 Å². The van der Waals surface area contributed by atoms with Crippen molar-refractivity contribution < 1.29 is 5.11 Å². The van der Waals surface area contributed by atoms with Crippen LogP contribution in [0.4, 0.5) is 0 Å². The highest BCUT2D eigenvalue weighted by molar-refractivity contribution is 5.00. The first-order valence-electron chi connectivity index (χ1n) is 7.36. The molecule has 1 heterocycles. The summed E-state index contributed by atoms with van der Waals surface area (Å²) in [7, 11) is 0. The van der Waals surface area contributed by atoms with Gasteiger partial charge in [-0.3, -0.25) is 0 Å². The molecule has 1 unspecified atom stereocenters. The molecule has 1 aliphatic carbocycles. The Labute approximate surface area is 110 Å². The zero-order chi connectivity index (χ0) is 13.0. The maximum atomic E-state index is 10.8. The van der Waals surface area contributed by atoms with Gasteiger partial charge in [-0.25, -0.2) is 4.98 Å². The lowest BCUT2D eigenvalue weighted by Gasteiger charge is -2.35. The Kier molecular flexibility index (Phi) is 4.44. The third kappa shape index (κ3) is 3.14. The number of aromatic nitrogens is 2. The second kappa shape index (κ2) is 5.87. The molecule has 0 spiro atoms. The minimum atomic E-state index is -0.600. The fourth-order valence-electron chi connectivity index (χ4n) is 3.14. The van der Waals surface area contributed by atoms with Crippen LogP contribution in [0.15, 0.2) is 12.4 Å². The quantitative estimate of drug-likeness (QED) is 0.871. The minimum absolute atomic E-state index is 0.443. The monoisotopic (exact) mass is 250 g/mol. The third-order valence-electron chi connectivity index (χ3n) is 4.27. The van der Waals surface area contributed by atoms with Gasteiger partial charge in [-0.1, -0.05) is 26.2 Å². The molecule has 1 fully saturated rings. The van der Waals surface area contributed by atoms with Gasteiger partial charge in [0, 0.05) is 25.4 Å². The number of hydrogen-bond donors (Lipinski definition) is 1. The van der Waals surface area contributed by atoms with Crippen molar-refractivity contribution in [1.29, 1.82) is 0 Å². The molecule has 1 N–H and O–H groups in total. The average Bonchev–Trinajstić information content (AvgIpc) is 2.78. The molecule has 1 saturated carbocycles. The lowest BCUT2D eigenvalue weighted by molar-refractivity contribution is -0.0181. The smallest absolute Gasteiger partial charge is 0.111 e. The van der Waals surface area contributed by atoms with Crippen LogP contribution in [0.1, 0.15) is 58.2 Å². The van der Waals surface area contributed by atoms with Crippen molar-refractivity contribution in [1.82, 2.24) is 9.55 Å². The molecule has 1 atom stereocenters. The van der Waals surface area contributed by atoms with Crippen molar-refractivity contribution in [2.45, 2.75) is 70.9 Å². The van der Waals surface area contributed by atoms with Crippen molar-refractivity contribution in [2.24, 2.45) is 5.92 Å². The standard InChI is InChI=1S/C15H26N2O/c1-3-10-17-11-9-16-14(17)12-15(2,18)13-7-5-4-6-8-13/h9,11,13,18H,3-8,10,12H2,1-2H3. The van der Waals surface area contributed by atoms with Gasteiger partial charge in [0.1, 0.15) is 5.82 Å². The van der Waals surface area contributed by atoms with Gasteiger partial charge >= 0.3 is 0 Å². The second-order valence-corrected chi connectivity index (χ2v) is 5.91. The van der Waals surface area contributed by atoms with E-state index in [4.69, 9.17) is 0 Å². The fraction of sp³-hybridized carbons (Fsp3) is 0.800. The Bertz CT molecular complexity index is 364. The summed E-state index contributed by atoms with van der Waals surface area (Å²) in [5.41, 5.74) is -0.600. The Morgan fingerprint density at radius 2 is 2.11 bits per heavy atom. The van der Waals surface area contributed by atoms with Crippen LogP contribution in [0.25, 0.3) is 0 Å². The number of aliphatic hydroxyl groups is 1. The molecule has 102 valence electrons. The molecule has 1 aromatic rings. The van der Waals surface area contributed by atoms with Crippen LogP contribution in [0.2, 0.25) is 0 Å². The Hall–Kier alpha value is -0.830. The molecule has 3 heteroatoms. The first kappa shape index (κ1) is 13.6. The molecule has 1 aromatic heterocycles. The maximum Gasteiger partial charge on any atom is 0.111 e. The van der Waals surface area contributed by atoms with Gasteiger partial charge in [0.2, 0.25) is 0 Å². The highest BCUT2D eigenvalue weighted by Crippen LogP contribution is 2.34. The molecule has 0 amide bonds. The molecule has 0 saturated heterocycles. The van der Waals surface area contributed by atoms with Gasteiger partial charge in [0.05, 0.1) is 5.60 Å². The zero-order valence-electron chi connectivity index (χ0n) is 11.7. The first-order valence-corrected chi connectivity index (χ1v) is 7.36. The SMILES string of the molecule is CCCn1ccnc1CC(C)(O)C1CCCCC1. The fourth-order valence-corrected chi connectivity index (χ4v) is 3.14. The predicted octanol–water partition coefficient (Wildman–Crippen LogP) is 3.17. The number of rotatable bonds is 5. The molecular weight excluding hydrogens is 224 g/mol. The van der Waals surface area contributed by atoms with E-state index in [2.05, 4.69) is 16.5 Å². The summed E-state index contributed by atoms with van der Waals surface area (Å²) in [6.07, 6.45) is 11.9. The molecule has 3 nitrogen and oxygen atoms in total. The normalized spacial score (nSPS) is 20.8. The van der Waals surface area contributed by atoms with Crippen molar-refractivity contribution in [3.8, 4) is 0 Å². The number of nitrogens with zero attached hydrogens (tertiary/aromatic N) is 2. The van der Waals surface area contributed by atoms with Crippen LogP contribution in [-0.4, -0.2) is 20.3 Å². The summed E-state index contributed by atoms with van der Waals surface area (Å²) < 4.78 is 2.18. The molecule has 1 aliphatic rings. The van der Waals surface area contributed by atoms with Crippen molar-refractivity contribution in [3.63, 3.8) is 0 Å². The van der Waals surface area contributed by atoms with Gasteiger partial charge in [-0.2, -0.15) is 0 Å². The first-order chi connectivity index (χ1) is 8.63. The molecule has 0 radical (unpaired) electrons. The summed E-state index contributed by atoms with van der Waals surface area (Å²) in [4.78, 5) is 4.42. The Morgan fingerprint density at radius 3 is 2.78 bits per heavy atom. The summed E-state index contributed by atoms with van der Waals surface area (Å²) in [5.74, 6) is 1.48. The third-order valence-corrected chi connectivity index (χ3v) is 4.27. The van der Waals surface area contributed by atoms with Gasteiger partial charge in [-0.05, 0) is 32.1 Å². The average molecular weight is 250 g/mol. The summed E-state index contributed by atoms with van der Waals surface area (Å²) >= 11 is 0. The lowest BCUT2D eigenvalue weighted by atomic mass is 9.76. The van der Waals surface area contributed by atoms with E-state index in [1.807, 2.05) is 19.3 Å². The largest absolute Gasteiger partial charge is 0.389 e. The molecule has 18 heavy (non-hydrogen) atoms. The molecule has 0 bridgehead atoms. The number of imidazole rings is 1. The van der Waals surface area contributed by atoms with Crippen molar-refractivity contribution in [2.75, 3.05) is 0 Å². The second-order valence-electron chi connectivity index (χ2n) is 5.91. The summed E-state index contributed by atoms with van der Waals surface area (Å²) in [6, 6.07) is 0. The van der Waals surface area contributed by atoms with Crippen LogP contribution in [0, 0.1) is 5.92 Å². The van der Waals surface area contributed by atoms with Crippen LogP contribution in [-0.2, 0) is 13.0 Å².